The van der Waals surface area contributed by atoms with Crippen LogP contribution in [0.5, 0.6) is 0 Å². The van der Waals surface area contributed by atoms with Crippen LogP contribution in [0.2, 0.25) is 5.32 Å². The molecule has 0 saturated heterocycles. The third-order valence-corrected chi connectivity index (χ3v) is 2.11. The van der Waals surface area contributed by atoms with Gasteiger partial charge in [0.2, 0.25) is 0 Å². The minimum absolute atomic E-state index is 0.875. The molecule has 0 aromatic heterocycles. The SMILES string of the molecule is [Li][Se](=O)CC. The molecule has 1 unspecified atom stereocenters. The van der Waals surface area contributed by atoms with E-state index in [1.165, 1.54) is 0 Å². The molecule has 5 heavy (non-hydrogen) atoms. The molecule has 0 aliphatic heterocycles. The first-order valence-corrected chi connectivity index (χ1v) is 5.19. The molecule has 0 aromatic carbocycles. The Morgan fingerprint density at radius 2 is 2.20 bits per heavy atom. The van der Waals surface area contributed by atoms with E-state index in [1.807, 2.05) is 6.92 Å². The van der Waals surface area contributed by atoms with Crippen molar-refractivity contribution in [2.45, 2.75) is 12.2 Å². The van der Waals surface area contributed by atoms with Gasteiger partial charge in [0.25, 0.3) is 0 Å². The van der Waals surface area contributed by atoms with Crippen LogP contribution in [-0.2, 0) is 3.83 Å². The fraction of sp³-hybridized carbons (Fsp3) is 1.00. The van der Waals surface area contributed by atoms with Gasteiger partial charge in [-0.15, -0.1) is 0 Å². The monoisotopic (exact) mass is 132 g/mol. The number of hydrogen-bond acceptors (Lipinski definition) is 1. The second kappa shape index (κ2) is 3.12. The molecule has 0 aliphatic carbocycles. The van der Waals surface area contributed by atoms with Crippen molar-refractivity contribution in [2.75, 3.05) is 0 Å². The fourth-order valence-corrected chi connectivity index (χ4v) is 0. The summed E-state index contributed by atoms with van der Waals surface area (Å²) < 4.78 is 10.0. The molecular weight excluding hydrogens is 126 g/mol. The van der Waals surface area contributed by atoms with Gasteiger partial charge in [-0.25, -0.2) is 0 Å². The zero-order valence-corrected chi connectivity index (χ0v) is 5.24. The maximum atomic E-state index is 10.0. The zero-order chi connectivity index (χ0) is 4.28. The van der Waals surface area contributed by atoms with Crippen molar-refractivity contribution in [2.24, 2.45) is 0 Å². The van der Waals surface area contributed by atoms with Crippen molar-refractivity contribution in [3.05, 3.63) is 0 Å². The van der Waals surface area contributed by atoms with E-state index in [2.05, 4.69) is 0 Å². The van der Waals surface area contributed by atoms with Crippen molar-refractivity contribution in [3.63, 3.8) is 0 Å². The third kappa shape index (κ3) is 4.92. The van der Waals surface area contributed by atoms with Gasteiger partial charge in [-0.05, 0) is 0 Å². The van der Waals surface area contributed by atoms with Crippen LogP contribution in [-0.4, -0.2) is 27.4 Å². The average Bonchev–Trinajstić information content (AvgIpc) is 1.38. The summed E-state index contributed by atoms with van der Waals surface area (Å²) in [6, 6.07) is 0. The zero-order valence-electron chi connectivity index (χ0n) is 3.52. The summed E-state index contributed by atoms with van der Waals surface area (Å²) in [6.45, 7) is 1.94. The minimum atomic E-state index is -1.30. The van der Waals surface area contributed by atoms with E-state index in [0.717, 1.165) is 5.32 Å². The average molecular weight is 131 g/mol. The van der Waals surface area contributed by atoms with Crippen molar-refractivity contribution < 1.29 is 3.83 Å². The van der Waals surface area contributed by atoms with Gasteiger partial charge in [0.1, 0.15) is 0 Å². The number of rotatable bonds is 1. The van der Waals surface area contributed by atoms with Gasteiger partial charge in [-0.2, -0.15) is 0 Å². The van der Waals surface area contributed by atoms with Crippen LogP contribution in [0.1, 0.15) is 6.92 Å². The Balaban J connectivity index is 2.85. The first kappa shape index (κ1) is 5.92. The molecule has 1 nitrogen and oxygen atoms in total. The molecule has 0 amide bonds. The molecule has 0 spiro atoms. The summed E-state index contributed by atoms with van der Waals surface area (Å²) in [7, 11) is 0. The van der Waals surface area contributed by atoms with E-state index in [0.29, 0.717) is 0 Å². The van der Waals surface area contributed by atoms with Crippen LogP contribution in [0.25, 0.3) is 0 Å². The predicted octanol–water partition coefficient (Wildman–Crippen LogP) is 0.0935. The van der Waals surface area contributed by atoms with Gasteiger partial charge >= 0.3 is 43.5 Å². The van der Waals surface area contributed by atoms with Gasteiger partial charge in [0.05, 0.1) is 0 Å². The first-order chi connectivity index (χ1) is 2.27. The Hall–Kier alpha value is 0.917. The summed E-state index contributed by atoms with van der Waals surface area (Å²) in [5.41, 5.74) is 0. The molecule has 0 radical (unpaired) electrons. The Morgan fingerprint density at radius 1 is 2.00 bits per heavy atom. The Bertz CT molecular complexity index is 44.9. The van der Waals surface area contributed by atoms with Crippen molar-refractivity contribution in [3.8, 4) is 0 Å². The van der Waals surface area contributed by atoms with Crippen LogP contribution in [0, 0.1) is 0 Å². The first-order valence-electron chi connectivity index (χ1n) is 1.57. The van der Waals surface area contributed by atoms with Crippen LogP contribution >= 0.6 is 0 Å². The molecule has 0 aromatic rings. The van der Waals surface area contributed by atoms with Crippen LogP contribution in [0.3, 0.4) is 0 Å². The number of hydrogen-bond donors (Lipinski definition) is 0. The van der Waals surface area contributed by atoms with Crippen LogP contribution < -0.4 is 0 Å². The molecule has 0 fully saturated rings. The molecule has 0 heterocycles. The summed E-state index contributed by atoms with van der Waals surface area (Å²) >= 11 is 0.495. The normalized spacial score (nSPS) is 15.0. The van der Waals surface area contributed by atoms with Gasteiger partial charge in [-0.1, -0.05) is 0 Å². The van der Waals surface area contributed by atoms with Crippen LogP contribution in [0.15, 0.2) is 0 Å². The molecule has 0 aliphatic rings. The molecule has 0 rings (SSSR count). The van der Waals surface area contributed by atoms with Crippen molar-refractivity contribution in [1.82, 2.24) is 0 Å². The topological polar surface area (TPSA) is 17.1 Å². The third-order valence-electron chi connectivity index (χ3n) is 0.407. The van der Waals surface area contributed by atoms with Gasteiger partial charge in [0, 0.05) is 0 Å². The summed E-state index contributed by atoms with van der Waals surface area (Å²) in [6.07, 6.45) is 0. The summed E-state index contributed by atoms with van der Waals surface area (Å²) in [4.78, 5) is 0. The Kier molecular flexibility index (Phi) is 3.69. The maximum absolute atomic E-state index is 10.0. The second-order valence-corrected chi connectivity index (χ2v) is 4.48. The van der Waals surface area contributed by atoms with Crippen LogP contribution in [0.4, 0.5) is 0 Å². The van der Waals surface area contributed by atoms with Gasteiger partial charge in [0.15, 0.2) is 0 Å². The molecule has 0 saturated carbocycles. The van der Waals surface area contributed by atoms with E-state index in [1.54, 1.807) is 15.8 Å². The van der Waals surface area contributed by atoms with E-state index in [9.17, 15) is 3.83 Å². The van der Waals surface area contributed by atoms with E-state index in [-0.39, 0.29) is 0 Å². The second-order valence-electron chi connectivity index (χ2n) is 0.862. The molecule has 0 bridgehead atoms. The predicted molar refractivity (Wildman–Crippen MR) is 22.7 cm³/mol. The molecule has 0 N–H and O–H groups in total. The molecular formula is C2H5LiOSe. The van der Waals surface area contributed by atoms with Crippen molar-refractivity contribution >= 4 is 27.4 Å². The van der Waals surface area contributed by atoms with Crippen molar-refractivity contribution in [1.29, 1.82) is 0 Å². The molecule has 3 heteroatoms. The van der Waals surface area contributed by atoms with E-state index in [4.69, 9.17) is 0 Å². The molecule has 26 valence electrons. The van der Waals surface area contributed by atoms with E-state index < -0.39 is 11.6 Å². The van der Waals surface area contributed by atoms with Gasteiger partial charge < -0.3 is 0 Å². The Morgan fingerprint density at radius 3 is 2.20 bits per heavy atom. The summed E-state index contributed by atoms with van der Waals surface area (Å²) in [5, 5.41) is 0.875. The quantitative estimate of drug-likeness (QED) is 0.461. The Labute approximate surface area is 43.7 Å². The fourth-order valence-electron chi connectivity index (χ4n) is 0. The van der Waals surface area contributed by atoms with E-state index >= 15 is 0 Å². The van der Waals surface area contributed by atoms with Gasteiger partial charge in [-0.3, -0.25) is 0 Å². The summed E-state index contributed by atoms with van der Waals surface area (Å²) in [5.74, 6) is 0. The standard InChI is InChI=1S/C2H5OSe.Li/c1-2-4-3;/h2H2,1H3;/q+1;-1. The molecule has 1 atom stereocenters.